The van der Waals surface area contributed by atoms with Crippen molar-refractivity contribution >= 4 is 0 Å². The van der Waals surface area contributed by atoms with E-state index in [2.05, 4.69) is 32.1 Å². The molecule has 0 bridgehead atoms. The fraction of sp³-hybridized carbons (Fsp3) is 0.706. The van der Waals surface area contributed by atoms with Crippen molar-refractivity contribution in [3.63, 3.8) is 0 Å². The number of rotatable bonds is 8. The molecule has 0 unspecified atom stereocenters. The van der Waals surface area contributed by atoms with Crippen molar-refractivity contribution in [1.29, 1.82) is 0 Å². The maximum atomic E-state index is 10.3. The number of aliphatic hydroxyl groups is 1. The van der Waals surface area contributed by atoms with E-state index < -0.39 is 6.10 Å². The molecule has 0 radical (unpaired) electrons. The largest absolute Gasteiger partial charge is 0.390 e. The highest BCUT2D eigenvalue weighted by Gasteiger charge is 2.31. The zero-order valence-electron chi connectivity index (χ0n) is 14.7. The minimum atomic E-state index is -0.401. The fourth-order valence-electron chi connectivity index (χ4n) is 3.50. The van der Waals surface area contributed by atoms with Crippen LogP contribution in [0.5, 0.6) is 0 Å². The second-order valence-electron chi connectivity index (χ2n) is 7.32. The predicted octanol–water partition coefficient (Wildman–Crippen LogP) is 0.711. The van der Waals surface area contributed by atoms with Crippen LogP contribution in [0.15, 0.2) is 23.0 Å². The van der Waals surface area contributed by atoms with Crippen molar-refractivity contribution in [3.8, 4) is 0 Å². The molecule has 1 aliphatic carbocycles. The van der Waals surface area contributed by atoms with Gasteiger partial charge in [-0.3, -0.25) is 14.5 Å². The summed E-state index contributed by atoms with van der Waals surface area (Å²) in [7, 11) is 2.11. The Kier molecular flexibility index (Phi) is 4.82. The first-order chi connectivity index (χ1) is 12.2. The van der Waals surface area contributed by atoms with E-state index >= 15 is 0 Å². The van der Waals surface area contributed by atoms with Crippen LogP contribution in [0.25, 0.3) is 0 Å². The molecule has 8 nitrogen and oxygen atoms in total. The highest BCUT2D eigenvalue weighted by Crippen LogP contribution is 2.38. The third-order valence-corrected chi connectivity index (χ3v) is 5.10. The molecule has 2 atom stereocenters. The fourth-order valence-corrected chi connectivity index (χ4v) is 3.50. The number of hydrogen-bond acceptors (Lipinski definition) is 7. The Labute approximate surface area is 147 Å². The Hall–Kier alpha value is -1.77. The van der Waals surface area contributed by atoms with Gasteiger partial charge in [0.25, 0.3) is 0 Å². The maximum Gasteiger partial charge on any atom is 0.229 e. The normalized spacial score (nSPS) is 22.8. The monoisotopic (exact) mass is 346 g/mol. The van der Waals surface area contributed by atoms with Gasteiger partial charge in [0, 0.05) is 37.4 Å². The van der Waals surface area contributed by atoms with Crippen LogP contribution in [0.2, 0.25) is 0 Å². The quantitative estimate of drug-likeness (QED) is 0.754. The van der Waals surface area contributed by atoms with Crippen LogP contribution in [-0.4, -0.2) is 73.7 Å². The van der Waals surface area contributed by atoms with Crippen LogP contribution in [0.4, 0.5) is 0 Å². The molecule has 0 amide bonds. The van der Waals surface area contributed by atoms with E-state index in [1.165, 1.54) is 12.8 Å². The van der Waals surface area contributed by atoms with Crippen LogP contribution in [-0.2, 0) is 13.1 Å². The van der Waals surface area contributed by atoms with Gasteiger partial charge in [0.05, 0.1) is 19.2 Å². The molecule has 0 spiro atoms. The lowest BCUT2D eigenvalue weighted by molar-refractivity contribution is 0.101. The summed E-state index contributed by atoms with van der Waals surface area (Å²) in [5, 5.41) is 18.5. The highest BCUT2D eigenvalue weighted by molar-refractivity contribution is 5.02. The molecule has 2 fully saturated rings. The molecular formula is C17H26N6O2. The number of hydrogen-bond donors (Lipinski definition) is 1. The molecule has 1 saturated heterocycles. The Bertz CT molecular complexity index is 668. The SMILES string of the molecule is CN(Cc1noc(C2CC2)n1)[C@@H]1CCN(C[C@H](O)Cn2cccn2)C1. The van der Waals surface area contributed by atoms with Crippen LogP contribution in [0, 0.1) is 0 Å². The van der Waals surface area contributed by atoms with E-state index in [0.717, 1.165) is 31.2 Å². The average Bonchev–Trinajstić information content (AvgIpc) is 3.00. The van der Waals surface area contributed by atoms with Gasteiger partial charge in [0.1, 0.15) is 0 Å². The molecule has 2 aromatic rings. The summed E-state index contributed by atoms with van der Waals surface area (Å²) < 4.78 is 7.11. The third-order valence-electron chi connectivity index (χ3n) is 5.10. The summed E-state index contributed by atoms with van der Waals surface area (Å²) in [5.41, 5.74) is 0. The van der Waals surface area contributed by atoms with Crippen LogP contribution in [0.1, 0.15) is 36.9 Å². The van der Waals surface area contributed by atoms with E-state index in [4.69, 9.17) is 4.52 Å². The van der Waals surface area contributed by atoms with E-state index in [1.807, 2.05) is 12.3 Å². The lowest BCUT2D eigenvalue weighted by Crippen LogP contribution is -2.37. The summed E-state index contributed by atoms with van der Waals surface area (Å²) in [6.07, 6.45) is 6.66. The summed E-state index contributed by atoms with van der Waals surface area (Å²) in [6, 6.07) is 2.33. The lowest BCUT2D eigenvalue weighted by atomic mass is 10.2. The second-order valence-corrected chi connectivity index (χ2v) is 7.32. The van der Waals surface area contributed by atoms with Crippen molar-refractivity contribution in [2.45, 2.75) is 50.4 Å². The molecule has 136 valence electrons. The van der Waals surface area contributed by atoms with Crippen molar-refractivity contribution in [2.75, 3.05) is 26.7 Å². The molecule has 8 heteroatoms. The standard InChI is InChI=1S/C17H26N6O2/c1-21(12-16-19-17(25-20-16)13-3-4-13)14-5-8-22(9-14)10-15(24)11-23-7-2-6-18-23/h2,6-7,13-15,24H,3-5,8-12H2,1H3/t14-,15+/m1/s1. The van der Waals surface area contributed by atoms with Crippen molar-refractivity contribution < 1.29 is 9.63 Å². The number of aromatic nitrogens is 4. The number of likely N-dealkylation sites (N-methyl/N-ethyl adjacent to an activating group) is 1. The first-order valence-electron chi connectivity index (χ1n) is 9.08. The summed E-state index contributed by atoms with van der Waals surface area (Å²) in [5.74, 6) is 2.09. The number of β-amino-alcohol motifs (C(OH)–C–C–N with tert-alkyl or cyclic N) is 1. The van der Waals surface area contributed by atoms with E-state index in [1.54, 1.807) is 10.9 Å². The molecule has 25 heavy (non-hydrogen) atoms. The lowest BCUT2D eigenvalue weighted by Gasteiger charge is -2.24. The van der Waals surface area contributed by atoms with Gasteiger partial charge in [0.15, 0.2) is 5.82 Å². The average molecular weight is 346 g/mol. The van der Waals surface area contributed by atoms with Crippen molar-refractivity contribution in [2.24, 2.45) is 0 Å². The van der Waals surface area contributed by atoms with E-state index in [-0.39, 0.29) is 0 Å². The Morgan fingerprint density at radius 3 is 3.00 bits per heavy atom. The van der Waals surface area contributed by atoms with E-state index in [9.17, 15) is 5.11 Å². The van der Waals surface area contributed by atoms with Gasteiger partial charge in [-0.1, -0.05) is 5.16 Å². The maximum absolute atomic E-state index is 10.3. The van der Waals surface area contributed by atoms with Gasteiger partial charge >= 0.3 is 0 Å². The van der Waals surface area contributed by atoms with Crippen molar-refractivity contribution in [1.82, 2.24) is 29.7 Å². The Morgan fingerprint density at radius 1 is 1.36 bits per heavy atom. The first-order valence-corrected chi connectivity index (χ1v) is 9.08. The minimum absolute atomic E-state index is 0.401. The third kappa shape index (κ3) is 4.26. The molecule has 0 aromatic carbocycles. The topological polar surface area (TPSA) is 83.5 Å². The number of aliphatic hydroxyl groups excluding tert-OH is 1. The van der Waals surface area contributed by atoms with Gasteiger partial charge < -0.3 is 9.63 Å². The Balaban J connectivity index is 1.23. The number of nitrogens with zero attached hydrogens (tertiary/aromatic N) is 6. The molecular weight excluding hydrogens is 320 g/mol. The minimum Gasteiger partial charge on any atom is -0.390 e. The summed E-state index contributed by atoms with van der Waals surface area (Å²) in [4.78, 5) is 9.12. The van der Waals surface area contributed by atoms with Gasteiger partial charge in [-0.05, 0) is 38.9 Å². The summed E-state index contributed by atoms with van der Waals surface area (Å²) in [6.45, 7) is 3.89. The van der Waals surface area contributed by atoms with Gasteiger partial charge in [-0.15, -0.1) is 0 Å². The smallest absolute Gasteiger partial charge is 0.229 e. The molecule has 3 heterocycles. The van der Waals surface area contributed by atoms with Crippen molar-refractivity contribution in [3.05, 3.63) is 30.2 Å². The Morgan fingerprint density at radius 2 is 2.24 bits per heavy atom. The van der Waals surface area contributed by atoms with Gasteiger partial charge in [-0.2, -0.15) is 10.1 Å². The summed E-state index contributed by atoms with van der Waals surface area (Å²) >= 11 is 0. The molecule has 4 rings (SSSR count). The molecule has 1 aliphatic heterocycles. The molecule has 2 aliphatic rings. The van der Waals surface area contributed by atoms with Crippen LogP contribution < -0.4 is 0 Å². The van der Waals surface area contributed by atoms with Crippen LogP contribution >= 0.6 is 0 Å². The highest BCUT2D eigenvalue weighted by atomic mass is 16.5. The predicted molar refractivity (Wildman–Crippen MR) is 90.8 cm³/mol. The molecule has 1 saturated carbocycles. The van der Waals surface area contributed by atoms with Gasteiger partial charge in [-0.25, -0.2) is 0 Å². The zero-order valence-corrected chi connectivity index (χ0v) is 14.7. The van der Waals surface area contributed by atoms with Crippen LogP contribution in [0.3, 0.4) is 0 Å². The first kappa shape index (κ1) is 16.7. The van der Waals surface area contributed by atoms with Gasteiger partial charge in [0.2, 0.25) is 5.89 Å². The van der Waals surface area contributed by atoms with E-state index in [0.29, 0.717) is 31.6 Å². The number of likely N-dealkylation sites (tertiary alicyclic amines) is 1. The molecule has 2 aromatic heterocycles. The molecule has 1 N–H and O–H groups in total. The zero-order chi connectivity index (χ0) is 17.2. The second kappa shape index (κ2) is 7.23.